The Morgan fingerprint density at radius 1 is 1.08 bits per heavy atom. The second-order valence-corrected chi connectivity index (χ2v) is 5.63. The van der Waals surface area contributed by atoms with Gasteiger partial charge in [0.2, 0.25) is 0 Å². The van der Waals surface area contributed by atoms with Crippen LogP contribution in [0.2, 0.25) is 0 Å². The number of nitrogens with zero attached hydrogens (tertiary/aromatic N) is 2. The molecule has 0 unspecified atom stereocenters. The number of hydrogen-bond donors (Lipinski definition) is 1. The van der Waals surface area contributed by atoms with E-state index < -0.39 is 6.09 Å². The molecule has 0 saturated carbocycles. The van der Waals surface area contributed by atoms with Crippen LogP contribution in [-0.2, 0) is 22.6 Å². The number of fused-ring (bicyclic) bond motifs is 1. The third kappa shape index (κ3) is 3.88. The molecule has 1 saturated heterocycles. The Bertz CT molecular complexity index is 615. The summed E-state index contributed by atoms with van der Waals surface area (Å²) in [4.78, 5) is 25.7. The zero-order valence-corrected chi connectivity index (χ0v) is 13.3. The lowest BCUT2D eigenvalue weighted by atomic mass is 10.1. The van der Waals surface area contributed by atoms with Crippen LogP contribution in [0.1, 0.15) is 11.1 Å². The molecule has 0 bridgehead atoms. The minimum absolute atomic E-state index is 0.161. The maximum atomic E-state index is 11.8. The van der Waals surface area contributed by atoms with Gasteiger partial charge in [-0.1, -0.05) is 6.07 Å². The van der Waals surface area contributed by atoms with E-state index in [-0.39, 0.29) is 19.3 Å². The molecule has 2 amide bonds. The molecule has 0 spiro atoms. The van der Waals surface area contributed by atoms with Crippen molar-refractivity contribution in [2.24, 2.45) is 0 Å². The van der Waals surface area contributed by atoms with Gasteiger partial charge in [-0.05, 0) is 23.3 Å². The fourth-order valence-corrected chi connectivity index (χ4v) is 2.72. The second-order valence-electron chi connectivity index (χ2n) is 5.63. The molecule has 2 heterocycles. The predicted octanol–water partition coefficient (Wildman–Crippen LogP) is 1.53. The third-order valence-electron chi connectivity index (χ3n) is 4.02. The largest absolute Gasteiger partial charge is 0.490 e. The summed E-state index contributed by atoms with van der Waals surface area (Å²) in [5.74, 6) is 0.642. The van der Waals surface area contributed by atoms with Crippen LogP contribution in [0.25, 0.3) is 0 Å². The van der Waals surface area contributed by atoms with Crippen LogP contribution in [0.5, 0.6) is 5.75 Å². The van der Waals surface area contributed by atoms with E-state index in [1.54, 1.807) is 11.0 Å². The van der Waals surface area contributed by atoms with Crippen molar-refractivity contribution in [2.45, 2.75) is 13.1 Å². The van der Waals surface area contributed by atoms with Gasteiger partial charge in [-0.3, -0.25) is 4.90 Å². The molecule has 2 aliphatic heterocycles. The van der Waals surface area contributed by atoms with Crippen LogP contribution in [0, 0.1) is 0 Å². The summed E-state index contributed by atoms with van der Waals surface area (Å²) < 4.78 is 15.9. The average molecular weight is 336 g/mol. The van der Waals surface area contributed by atoms with Crippen LogP contribution in [0.3, 0.4) is 0 Å². The van der Waals surface area contributed by atoms with Gasteiger partial charge in [0.1, 0.15) is 19.0 Å². The van der Waals surface area contributed by atoms with Crippen molar-refractivity contribution < 1.29 is 28.9 Å². The van der Waals surface area contributed by atoms with Crippen molar-refractivity contribution in [3.8, 4) is 5.75 Å². The Kier molecular flexibility index (Phi) is 5.05. The Morgan fingerprint density at radius 2 is 1.83 bits per heavy atom. The topological polar surface area (TPSA) is 88.5 Å². The average Bonchev–Trinajstić information content (AvgIpc) is 3.03. The van der Waals surface area contributed by atoms with Gasteiger partial charge in [0, 0.05) is 26.2 Å². The first-order valence-electron chi connectivity index (χ1n) is 7.85. The molecule has 1 fully saturated rings. The van der Waals surface area contributed by atoms with Crippen LogP contribution < -0.4 is 4.74 Å². The van der Waals surface area contributed by atoms with Crippen LogP contribution in [0.4, 0.5) is 9.59 Å². The highest BCUT2D eigenvalue weighted by atomic mass is 16.6. The molecule has 3 rings (SSSR count). The van der Waals surface area contributed by atoms with Gasteiger partial charge < -0.3 is 24.2 Å². The third-order valence-corrected chi connectivity index (χ3v) is 4.02. The van der Waals surface area contributed by atoms with Crippen molar-refractivity contribution in [3.05, 3.63) is 29.3 Å². The maximum absolute atomic E-state index is 11.8. The fraction of sp³-hybridized carbons (Fsp3) is 0.500. The predicted molar refractivity (Wildman–Crippen MR) is 82.9 cm³/mol. The SMILES string of the molecule is O=C(O)N1Cc2ccc(OCCOC(=O)N3CCOCC3)cc2C1. The highest BCUT2D eigenvalue weighted by Gasteiger charge is 2.23. The summed E-state index contributed by atoms with van der Waals surface area (Å²) in [6.07, 6.45) is -1.28. The van der Waals surface area contributed by atoms with Gasteiger partial charge in [0.05, 0.1) is 13.2 Å². The minimum atomic E-state index is -0.927. The van der Waals surface area contributed by atoms with Crippen molar-refractivity contribution >= 4 is 12.2 Å². The number of ether oxygens (including phenoxy) is 3. The van der Waals surface area contributed by atoms with E-state index in [1.165, 1.54) is 4.90 Å². The minimum Gasteiger partial charge on any atom is -0.490 e. The lowest BCUT2D eigenvalue weighted by molar-refractivity contribution is 0.0239. The number of amides is 2. The Hall–Kier alpha value is -2.48. The van der Waals surface area contributed by atoms with Gasteiger partial charge in [-0.2, -0.15) is 0 Å². The molecule has 24 heavy (non-hydrogen) atoms. The van der Waals surface area contributed by atoms with Gasteiger partial charge in [-0.15, -0.1) is 0 Å². The molecule has 0 atom stereocenters. The molecule has 0 aliphatic carbocycles. The second kappa shape index (κ2) is 7.39. The van der Waals surface area contributed by atoms with E-state index in [1.807, 2.05) is 12.1 Å². The zero-order chi connectivity index (χ0) is 16.9. The molecule has 2 aliphatic rings. The summed E-state index contributed by atoms with van der Waals surface area (Å²) >= 11 is 0. The smallest absolute Gasteiger partial charge is 0.410 e. The lowest BCUT2D eigenvalue weighted by Gasteiger charge is -2.25. The molecule has 1 aromatic carbocycles. The highest BCUT2D eigenvalue weighted by Crippen LogP contribution is 2.26. The van der Waals surface area contributed by atoms with Crippen molar-refractivity contribution in [3.63, 3.8) is 0 Å². The van der Waals surface area contributed by atoms with Crippen molar-refractivity contribution in [1.29, 1.82) is 0 Å². The number of carbonyl (C=O) groups is 2. The van der Waals surface area contributed by atoms with E-state index in [0.29, 0.717) is 45.1 Å². The first kappa shape index (κ1) is 16.4. The molecular weight excluding hydrogens is 316 g/mol. The van der Waals surface area contributed by atoms with E-state index in [0.717, 1.165) is 11.1 Å². The fourth-order valence-electron chi connectivity index (χ4n) is 2.72. The number of rotatable bonds is 4. The summed E-state index contributed by atoms with van der Waals surface area (Å²) in [5, 5.41) is 9.02. The van der Waals surface area contributed by atoms with E-state index in [2.05, 4.69) is 0 Å². The van der Waals surface area contributed by atoms with Crippen LogP contribution in [-0.4, -0.2) is 66.6 Å². The Morgan fingerprint density at radius 3 is 2.58 bits per heavy atom. The zero-order valence-electron chi connectivity index (χ0n) is 13.3. The normalized spacial score (nSPS) is 16.7. The van der Waals surface area contributed by atoms with Crippen molar-refractivity contribution in [1.82, 2.24) is 9.80 Å². The van der Waals surface area contributed by atoms with E-state index >= 15 is 0 Å². The maximum Gasteiger partial charge on any atom is 0.410 e. The first-order chi connectivity index (χ1) is 11.6. The number of hydrogen-bond acceptors (Lipinski definition) is 5. The Balaban J connectivity index is 1.42. The number of morpholine rings is 1. The van der Waals surface area contributed by atoms with E-state index in [9.17, 15) is 9.59 Å². The quantitative estimate of drug-likeness (QED) is 0.839. The molecule has 1 N–H and O–H groups in total. The number of carboxylic acid groups (broad SMARTS) is 1. The van der Waals surface area contributed by atoms with Crippen LogP contribution in [0.15, 0.2) is 18.2 Å². The summed E-state index contributed by atoms with van der Waals surface area (Å²) in [6.45, 7) is 3.35. The Labute approximate surface area is 139 Å². The molecule has 0 aromatic heterocycles. The number of carbonyl (C=O) groups excluding carboxylic acids is 1. The monoisotopic (exact) mass is 336 g/mol. The summed E-state index contributed by atoms with van der Waals surface area (Å²) in [5.41, 5.74) is 1.93. The van der Waals surface area contributed by atoms with Crippen LogP contribution >= 0.6 is 0 Å². The first-order valence-corrected chi connectivity index (χ1v) is 7.85. The molecule has 8 heteroatoms. The van der Waals surface area contributed by atoms with Gasteiger partial charge in [0.15, 0.2) is 0 Å². The molecule has 130 valence electrons. The molecule has 8 nitrogen and oxygen atoms in total. The number of benzene rings is 1. The van der Waals surface area contributed by atoms with Gasteiger partial charge >= 0.3 is 12.2 Å². The highest BCUT2D eigenvalue weighted by molar-refractivity contribution is 5.67. The molecule has 0 radical (unpaired) electrons. The standard InChI is InChI=1S/C16H20N2O6/c19-15(20)18-10-12-1-2-14(9-13(12)11-18)23-7-8-24-16(21)17-3-5-22-6-4-17/h1-2,9H,3-8,10-11H2,(H,19,20). The molecule has 1 aromatic rings. The van der Waals surface area contributed by atoms with Gasteiger partial charge in [0.25, 0.3) is 0 Å². The molecular formula is C16H20N2O6. The van der Waals surface area contributed by atoms with Gasteiger partial charge in [-0.25, -0.2) is 9.59 Å². The summed E-state index contributed by atoms with van der Waals surface area (Å²) in [7, 11) is 0. The van der Waals surface area contributed by atoms with Crippen molar-refractivity contribution in [2.75, 3.05) is 39.5 Å². The summed E-state index contributed by atoms with van der Waals surface area (Å²) in [6, 6.07) is 5.50. The van der Waals surface area contributed by atoms with E-state index in [4.69, 9.17) is 19.3 Å². The lowest BCUT2D eigenvalue weighted by Crippen LogP contribution is -2.41.